The molecule has 30 heavy (non-hydrogen) atoms. The van der Waals surface area contributed by atoms with Gasteiger partial charge in [-0.05, 0) is 23.6 Å². The van der Waals surface area contributed by atoms with Crippen molar-refractivity contribution >= 4 is 11.8 Å². The van der Waals surface area contributed by atoms with Gasteiger partial charge in [0.05, 0.1) is 0 Å². The summed E-state index contributed by atoms with van der Waals surface area (Å²) in [6, 6.07) is 27.5. The number of carbonyl (C=O) groups excluding carboxylic acids is 2. The van der Waals surface area contributed by atoms with Crippen LogP contribution >= 0.6 is 0 Å². The van der Waals surface area contributed by atoms with Gasteiger partial charge in [0.25, 0.3) is 0 Å². The molecule has 0 radical (unpaired) electrons. The Morgan fingerprint density at radius 2 is 1.60 bits per heavy atom. The highest BCUT2D eigenvalue weighted by atomic mass is 16.2. The minimum Gasteiger partial charge on any atom is -0.352 e. The van der Waals surface area contributed by atoms with Crippen LogP contribution in [-0.4, -0.2) is 29.8 Å². The average Bonchev–Trinajstić information content (AvgIpc) is 2.78. The molecule has 152 valence electrons. The minimum absolute atomic E-state index is 0.00550. The number of amides is 2. The lowest BCUT2D eigenvalue weighted by Gasteiger charge is -2.36. The lowest BCUT2D eigenvalue weighted by molar-refractivity contribution is -0.143. The number of carbonyl (C=O) groups is 2. The highest BCUT2D eigenvalue weighted by Crippen LogP contribution is 2.31. The molecule has 1 heterocycles. The standard InChI is InChI=1S/C26H26N2O2/c1-19-9-8-14-22(17-19)25-26(30)27-15-16-28(25)24(29)18-23(20-10-4-2-5-11-20)21-12-6-3-7-13-21/h2-14,17,23,25H,15-16,18H2,1H3,(H,27,30). The first-order valence-electron chi connectivity index (χ1n) is 10.4. The molecule has 1 atom stereocenters. The number of hydrogen-bond acceptors (Lipinski definition) is 2. The zero-order valence-corrected chi connectivity index (χ0v) is 17.1. The van der Waals surface area contributed by atoms with Gasteiger partial charge in [-0.1, -0.05) is 90.5 Å². The summed E-state index contributed by atoms with van der Waals surface area (Å²) in [7, 11) is 0. The molecule has 1 fully saturated rings. The Balaban J connectivity index is 1.64. The molecule has 1 saturated heterocycles. The molecular weight excluding hydrogens is 372 g/mol. The Labute approximate surface area is 177 Å². The monoisotopic (exact) mass is 398 g/mol. The van der Waals surface area contributed by atoms with Crippen molar-refractivity contribution in [2.75, 3.05) is 13.1 Å². The Kier molecular flexibility index (Phi) is 5.94. The molecule has 1 aliphatic heterocycles. The number of piperazine rings is 1. The minimum atomic E-state index is -0.585. The maximum atomic E-state index is 13.5. The molecule has 0 spiro atoms. The normalized spacial score (nSPS) is 16.4. The fraction of sp³-hybridized carbons (Fsp3) is 0.231. The Hall–Kier alpha value is -3.40. The van der Waals surface area contributed by atoms with E-state index in [1.807, 2.05) is 67.6 Å². The van der Waals surface area contributed by atoms with E-state index in [4.69, 9.17) is 0 Å². The summed E-state index contributed by atoms with van der Waals surface area (Å²) in [5, 5.41) is 2.92. The van der Waals surface area contributed by atoms with E-state index in [0.29, 0.717) is 19.5 Å². The lowest BCUT2D eigenvalue weighted by Crippen LogP contribution is -2.52. The molecule has 0 bridgehead atoms. The summed E-state index contributed by atoms with van der Waals surface area (Å²) >= 11 is 0. The Morgan fingerprint density at radius 1 is 0.967 bits per heavy atom. The Bertz CT molecular complexity index is 978. The van der Waals surface area contributed by atoms with Crippen molar-refractivity contribution in [1.82, 2.24) is 10.2 Å². The van der Waals surface area contributed by atoms with Crippen LogP contribution in [0, 0.1) is 6.92 Å². The number of aryl methyl sites for hydroxylation is 1. The first-order valence-corrected chi connectivity index (χ1v) is 10.4. The third kappa shape index (κ3) is 4.28. The van der Waals surface area contributed by atoms with Gasteiger partial charge in [-0.2, -0.15) is 0 Å². The summed E-state index contributed by atoms with van der Waals surface area (Å²) in [4.78, 5) is 28.0. The summed E-state index contributed by atoms with van der Waals surface area (Å²) in [5.74, 6) is -0.173. The second-order valence-electron chi connectivity index (χ2n) is 7.77. The zero-order chi connectivity index (χ0) is 20.9. The van der Waals surface area contributed by atoms with E-state index in [2.05, 4.69) is 29.6 Å². The quantitative estimate of drug-likeness (QED) is 0.700. The average molecular weight is 399 g/mol. The summed E-state index contributed by atoms with van der Waals surface area (Å²) in [6.07, 6.45) is 0.323. The number of benzene rings is 3. The summed E-state index contributed by atoms with van der Waals surface area (Å²) in [6.45, 7) is 2.99. The van der Waals surface area contributed by atoms with Crippen LogP contribution in [0.2, 0.25) is 0 Å². The van der Waals surface area contributed by atoms with Crippen molar-refractivity contribution in [1.29, 1.82) is 0 Å². The fourth-order valence-corrected chi connectivity index (χ4v) is 4.20. The Morgan fingerprint density at radius 3 is 2.20 bits per heavy atom. The van der Waals surface area contributed by atoms with Gasteiger partial charge in [0.1, 0.15) is 6.04 Å². The second-order valence-corrected chi connectivity index (χ2v) is 7.77. The third-order valence-corrected chi connectivity index (χ3v) is 5.67. The number of hydrogen-bond donors (Lipinski definition) is 1. The van der Waals surface area contributed by atoms with Crippen LogP contribution in [0.15, 0.2) is 84.9 Å². The molecule has 0 saturated carbocycles. The SMILES string of the molecule is Cc1cccc(C2C(=O)NCCN2C(=O)CC(c2ccccc2)c2ccccc2)c1. The van der Waals surface area contributed by atoms with Gasteiger partial charge in [0.15, 0.2) is 0 Å². The van der Waals surface area contributed by atoms with E-state index in [9.17, 15) is 9.59 Å². The van der Waals surface area contributed by atoms with Crippen molar-refractivity contribution in [2.24, 2.45) is 0 Å². The molecule has 4 nitrogen and oxygen atoms in total. The second kappa shape index (κ2) is 8.95. The third-order valence-electron chi connectivity index (χ3n) is 5.67. The topological polar surface area (TPSA) is 49.4 Å². The van der Waals surface area contributed by atoms with Crippen LogP contribution in [0.1, 0.15) is 40.6 Å². The van der Waals surface area contributed by atoms with E-state index in [1.165, 1.54) is 0 Å². The lowest BCUT2D eigenvalue weighted by atomic mass is 9.87. The van der Waals surface area contributed by atoms with Crippen molar-refractivity contribution in [2.45, 2.75) is 25.3 Å². The highest BCUT2D eigenvalue weighted by Gasteiger charge is 2.35. The molecule has 1 N–H and O–H groups in total. The molecular formula is C26H26N2O2. The predicted octanol–water partition coefficient (Wildman–Crippen LogP) is 4.22. The number of nitrogens with zero attached hydrogens (tertiary/aromatic N) is 1. The van der Waals surface area contributed by atoms with Crippen LogP contribution < -0.4 is 5.32 Å². The first kappa shape index (κ1) is 19.9. The highest BCUT2D eigenvalue weighted by molar-refractivity contribution is 5.90. The fourth-order valence-electron chi connectivity index (χ4n) is 4.20. The maximum absolute atomic E-state index is 13.5. The summed E-state index contributed by atoms with van der Waals surface area (Å²) < 4.78 is 0. The zero-order valence-electron chi connectivity index (χ0n) is 17.1. The van der Waals surface area contributed by atoms with Crippen molar-refractivity contribution in [3.8, 4) is 0 Å². The van der Waals surface area contributed by atoms with E-state index < -0.39 is 6.04 Å². The van der Waals surface area contributed by atoms with Crippen LogP contribution in [-0.2, 0) is 9.59 Å². The smallest absolute Gasteiger partial charge is 0.247 e. The van der Waals surface area contributed by atoms with Crippen LogP contribution in [0.25, 0.3) is 0 Å². The van der Waals surface area contributed by atoms with Gasteiger partial charge in [0, 0.05) is 25.4 Å². The molecule has 1 aliphatic rings. The molecule has 4 heteroatoms. The van der Waals surface area contributed by atoms with Crippen LogP contribution in [0.3, 0.4) is 0 Å². The van der Waals surface area contributed by atoms with E-state index in [0.717, 1.165) is 22.3 Å². The van der Waals surface area contributed by atoms with Crippen LogP contribution in [0.4, 0.5) is 0 Å². The van der Waals surface area contributed by atoms with Gasteiger partial charge in [-0.3, -0.25) is 9.59 Å². The van der Waals surface area contributed by atoms with Crippen molar-refractivity contribution in [3.63, 3.8) is 0 Å². The van der Waals surface area contributed by atoms with Crippen molar-refractivity contribution in [3.05, 3.63) is 107 Å². The maximum Gasteiger partial charge on any atom is 0.247 e. The van der Waals surface area contributed by atoms with Gasteiger partial charge >= 0.3 is 0 Å². The number of nitrogens with one attached hydrogen (secondary N) is 1. The molecule has 4 rings (SSSR count). The van der Waals surface area contributed by atoms with Gasteiger partial charge in [0.2, 0.25) is 11.8 Å². The van der Waals surface area contributed by atoms with Crippen molar-refractivity contribution < 1.29 is 9.59 Å². The first-order chi connectivity index (χ1) is 14.6. The van der Waals surface area contributed by atoms with E-state index in [-0.39, 0.29) is 17.7 Å². The van der Waals surface area contributed by atoms with E-state index in [1.54, 1.807) is 4.90 Å². The van der Waals surface area contributed by atoms with Gasteiger partial charge in [-0.25, -0.2) is 0 Å². The summed E-state index contributed by atoms with van der Waals surface area (Å²) in [5.41, 5.74) is 4.14. The van der Waals surface area contributed by atoms with Crippen LogP contribution in [0.5, 0.6) is 0 Å². The molecule has 3 aromatic carbocycles. The molecule has 2 amide bonds. The molecule has 0 aromatic heterocycles. The van der Waals surface area contributed by atoms with Gasteiger partial charge in [-0.15, -0.1) is 0 Å². The van der Waals surface area contributed by atoms with E-state index >= 15 is 0 Å². The predicted molar refractivity (Wildman–Crippen MR) is 118 cm³/mol. The molecule has 3 aromatic rings. The number of rotatable bonds is 5. The largest absolute Gasteiger partial charge is 0.352 e. The molecule has 0 aliphatic carbocycles. The van der Waals surface area contributed by atoms with Gasteiger partial charge < -0.3 is 10.2 Å². The molecule has 1 unspecified atom stereocenters.